The number of nitrogens with zero attached hydrogens (tertiary/aromatic N) is 2. The summed E-state index contributed by atoms with van der Waals surface area (Å²) in [5.74, 6) is -0.515. The Balaban J connectivity index is 1.45. The summed E-state index contributed by atoms with van der Waals surface area (Å²) in [7, 11) is -3.91. The van der Waals surface area contributed by atoms with E-state index >= 15 is 0 Å². The molecule has 1 aromatic carbocycles. The molecule has 0 spiro atoms. The van der Waals surface area contributed by atoms with Crippen LogP contribution in [0.15, 0.2) is 46.0 Å². The number of rotatable bonds is 6. The molecule has 2 aromatic heterocycles. The van der Waals surface area contributed by atoms with Gasteiger partial charge in [-0.15, -0.1) is 22.7 Å². The molecule has 1 amide bonds. The number of alkyl halides is 3. The third-order valence-corrected chi connectivity index (χ3v) is 9.63. The largest absolute Gasteiger partial charge is 0.416 e. The number of benzene rings is 1. The number of halogens is 4. The summed E-state index contributed by atoms with van der Waals surface area (Å²) in [6.45, 7) is 1.75. The van der Waals surface area contributed by atoms with Gasteiger partial charge in [0.05, 0.1) is 21.6 Å². The fourth-order valence-electron chi connectivity index (χ4n) is 3.33. The number of thiophene rings is 1. The van der Waals surface area contributed by atoms with E-state index in [1.807, 2.05) is 0 Å². The second-order valence-electron chi connectivity index (χ2n) is 7.38. The number of carbonyl (C=O) groups excluding carboxylic acids is 1. The molecule has 4 rings (SSSR count). The third-order valence-electron chi connectivity index (χ3n) is 5.05. The molecule has 13 heteroatoms. The fourth-order valence-corrected chi connectivity index (χ4v) is 7.28. The van der Waals surface area contributed by atoms with Gasteiger partial charge in [-0.2, -0.15) is 17.5 Å². The molecule has 1 saturated heterocycles. The Morgan fingerprint density at radius 2 is 1.94 bits per heavy atom. The topological polar surface area (TPSA) is 79.4 Å². The third kappa shape index (κ3) is 5.15. The van der Waals surface area contributed by atoms with Gasteiger partial charge in [-0.1, -0.05) is 23.7 Å². The van der Waals surface area contributed by atoms with Gasteiger partial charge < -0.3 is 5.32 Å². The number of carbonyl (C=O) groups is 1. The van der Waals surface area contributed by atoms with Crippen LogP contribution in [0, 0.1) is 12.8 Å². The Morgan fingerprint density at radius 1 is 1.24 bits per heavy atom. The molecule has 1 aliphatic rings. The van der Waals surface area contributed by atoms with Crippen molar-refractivity contribution in [3.63, 3.8) is 0 Å². The number of thiazole rings is 1. The molecule has 180 valence electrons. The molecule has 0 unspecified atom stereocenters. The quantitative estimate of drug-likeness (QED) is 0.460. The summed E-state index contributed by atoms with van der Waals surface area (Å²) >= 11 is 8.02. The van der Waals surface area contributed by atoms with E-state index in [-0.39, 0.29) is 10.8 Å². The lowest BCUT2D eigenvalue weighted by Gasteiger charge is -2.23. The maximum absolute atomic E-state index is 12.9. The first-order valence-electron chi connectivity index (χ1n) is 9.84. The van der Waals surface area contributed by atoms with Crippen molar-refractivity contribution in [2.45, 2.75) is 29.4 Å². The van der Waals surface area contributed by atoms with E-state index in [4.69, 9.17) is 11.6 Å². The molecule has 0 bridgehead atoms. The first-order chi connectivity index (χ1) is 16.0. The van der Waals surface area contributed by atoms with E-state index in [9.17, 15) is 26.4 Å². The van der Waals surface area contributed by atoms with E-state index in [2.05, 4.69) is 10.3 Å². The number of amides is 1. The van der Waals surface area contributed by atoms with E-state index in [0.717, 1.165) is 27.8 Å². The monoisotopic (exact) mass is 547 g/mol. The van der Waals surface area contributed by atoms with Crippen LogP contribution in [0.4, 0.5) is 13.2 Å². The summed E-state index contributed by atoms with van der Waals surface area (Å²) in [4.78, 5) is 17.3. The number of sulfonamides is 1. The molecule has 1 N–H and O–H groups in total. The maximum Gasteiger partial charge on any atom is 0.416 e. The van der Waals surface area contributed by atoms with Crippen LogP contribution in [0.25, 0.3) is 11.3 Å². The van der Waals surface area contributed by atoms with Gasteiger partial charge in [-0.3, -0.25) is 4.79 Å². The van der Waals surface area contributed by atoms with Crippen molar-refractivity contribution in [3.05, 3.63) is 69.5 Å². The molecular weight excluding hydrogens is 531 g/mol. The van der Waals surface area contributed by atoms with Crippen LogP contribution >= 0.6 is 34.3 Å². The first-order valence-corrected chi connectivity index (χ1v) is 13.4. The Hall–Kier alpha value is -1.99. The van der Waals surface area contributed by atoms with E-state index in [1.165, 1.54) is 42.0 Å². The second-order valence-corrected chi connectivity index (χ2v) is 12.1. The lowest BCUT2D eigenvalue weighted by molar-refractivity contribution is -0.137. The lowest BCUT2D eigenvalue weighted by atomic mass is 10.1. The van der Waals surface area contributed by atoms with Crippen molar-refractivity contribution < 1.29 is 26.4 Å². The molecule has 3 aromatic rings. The highest BCUT2D eigenvalue weighted by atomic mass is 35.5. The first kappa shape index (κ1) is 25.1. The Morgan fingerprint density at radius 3 is 2.56 bits per heavy atom. The Labute approximate surface area is 207 Å². The van der Waals surface area contributed by atoms with Gasteiger partial charge in [0.25, 0.3) is 10.0 Å². The minimum absolute atomic E-state index is 0.0492. The van der Waals surface area contributed by atoms with Gasteiger partial charge in [-0.25, -0.2) is 13.4 Å². The van der Waals surface area contributed by atoms with E-state index < -0.39 is 39.8 Å². The highest BCUT2D eigenvalue weighted by molar-refractivity contribution is 7.91. The molecule has 0 saturated carbocycles. The fraction of sp³-hybridized carbons (Fsp3) is 0.238. The van der Waals surface area contributed by atoms with Crippen molar-refractivity contribution in [3.8, 4) is 11.3 Å². The summed E-state index contributed by atoms with van der Waals surface area (Å²) < 4.78 is 65.7. The molecule has 1 aliphatic heterocycles. The van der Waals surface area contributed by atoms with Crippen LogP contribution in [0.1, 0.15) is 23.5 Å². The van der Waals surface area contributed by atoms with Crippen LogP contribution in [0.2, 0.25) is 4.34 Å². The summed E-state index contributed by atoms with van der Waals surface area (Å²) in [5.41, 5.74) is 0.246. The van der Waals surface area contributed by atoms with E-state index in [0.29, 0.717) is 20.6 Å². The van der Waals surface area contributed by atoms with E-state index in [1.54, 1.807) is 18.7 Å². The zero-order valence-corrected chi connectivity index (χ0v) is 20.6. The average Bonchev–Trinajstić information content (AvgIpc) is 3.53. The highest BCUT2D eigenvalue weighted by Gasteiger charge is 2.41. The van der Waals surface area contributed by atoms with Gasteiger partial charge in [0.2, 0.25) is 5.91 Å². The Bertz CT molecular complexity index is 1290. The second kappa shape index (κ2) is 9.57. The lowest BCUT2D eigenvalue weighted by Crippen LogP contribution is -2.46. The van der Waals surface area contributed by atoms with Crippen LogP contribution in [-0.4, -0.2) is 36.2 Å². The van der Waals surface area contributed by atoms with Crippen LogP contribution in [-0.2, 0) is 21.0 Å². The van der Waals surface area contributed by atoms with Gasteiger partial charge in [0, 0.05) is 17.5 Å². The van der Waals surface area contributed by atoms with Crippen molar-refractivity contribution in [2.24, 2.45) is 0 Å². The van der Waals surface area contributed by atoms with Crippen LogP contribution < -0.4 is 5.32 Å². The number of aromatic nitrogens is 1. The van der Waals surface area contributed by atoms with Gasteiger partial charge in [0.1, 0.15) is 15.3 Å². The summed E-state index contributed by atoms with van der Waals surface area (Å²) in [6, 6.07) is 5.97. The van der Waals surface area contributed by atoms with Gasteiger partial charge in [-0.05, 0) is 44.0 Å². The molecule has 34 heavy (non-hydrogen) atoms. The Kier molecular flexibility index (Phi) is 7.07. The molecule has 2 radical (unpaired) electrons. The predicted molar refractivity (Wildman–Crippen MR) is 125 cm³/mol. The minimum atomic E-state index is -4.42. The van der Waals surface area contributed by atoms with Crippen LogP contribution in [0.3, 0.4) is 0 Å². The minimum Gasteiger partial charge on any atom is -0.346 e. The molecule has 1 fully saturated rings. The number of hydrogen-bond donors (Lipinski definition) is 1. The SMILES string of the molecule is C[C@H](NC(=O)[C@@H]1[CH][CH]CN1S(=O)(=O)c1ccc(Cl)s1)c1nc(-c2ccc(C(F)(F)F)cc2)cs1. The highest BCUT2D eigenvalue weighted by Crippen LogP contribution is 2.33. The summed E-state index contributed by atoms with van der Waals surface area (Å²) in [6.07, 6.45) is -1.30. The number of nitrogens with one attached hydrogen (secondary N) is 1. The normalized spacial score (nSPS) is 18.2. The predicted octanol–water partition coefficient (Wildman–Crippen LogP) is 5.20. The molecule has 2 atom stereocenters. The smallest absolute Gasteiger partial charge is 0.346 e. The molecular formula is C21H17ClF3N3O3S3. The zero-order valence-electron chi connectivity index (χ0n) is 17.4. The summed E-state index contributed by atoms with van der Waals surface area (Å²) in [5, 5.41) is 4.99. The number of hydrogen-bond acceptors (Lipinski definition) is 6. The molecule has 0 aliphatic carbocycles. The molecule has 3 heterocycles. The van der Waals surface area contributed by atoms with Crippen LogP contribution in [0.5, 0.6) is 0 Å². The zero-order chi connectivity index (χ0) is 24.7. The van der Waals surface area contributed by atoms with Gasteiger partial charge >= 0.3 is 6.18 Å². The van der Waals surface area contributed by atoms with Crippen molar-refractivity contribution in [1.82, 2.24) is 14.6 Å². The van der Waals surface area contributed by atoms with Crippen molar-refractivity contribution >= 4 is 50.2 Å². The molecule has 6 nitrogen and oxygen atoms in total. The average molecular weight is 548 g/mol. The standard InChI is InChI=1S/C21H17ClF3N3O3S3/c1-12(20-27-15(11-32-20)13-4-6-14(7-5-13)21(23,24)25)26-19(29)16-3-2-10-28(16)34(30,31)18-9-8-17(22)33-18/h2-9,11-12,16H,10H2,1H3,(H,26,29)/t12-,16-/m0/s1. The van der Waals surface area contributed by atoms with Gasteiger partial charge in [0.15, 0.2) is 0 Å². The van der Waals surface area contributed by atoms with Crippen molar-refractivity contribution in [1.29, 1.82) is 0 Å². The van der Waals surface area contributed by atoms with Crippen molar-refractivity contribution in [2.75, 3.05) is 6.54 Å². The maximum atomic E-state index is 12.9.